The van der Waals surface area contributed by atoms with E-state index in [1.54, 1.807) is 0 Å². The molecular weight excluding hydrogens is 294 g/mol. The van der Waals surface area contributed by atoms with E-state index < -0.39 is 0 Å². The summed E-state index contributed by atoms with van der Waals surface area (Å²) in [5.74, 6) is 2.83. The second-order valence-corrected chi connectivity index (χ2v) is 9.47. The van der Waals surface area contributed by atoms with Crippen LogP contribution in [0.1, 0.15) is 59.3 Å². The minimum Gasteiger partial charge on any atom is -0.295 e. The lowest BCUT2D eigenvalue weighted by Crippen LogP contribution is -2.52. The molecule has 4 rings (SSSR count). The molecule has 0 heterocycles. The van der Waals surface area contributed by atoms with Crippen molar-refractivity contribution in [2.24, 2.45) is 40.4 Å². The average molecular weight is 323 g/mol. The van der Waals surface area contributed by atoms with Gasteiger partial charge in [0, 0.05) is 6.42 Å². The van der Waals surface area contributed by atoms with Crippen molar-refractivity contribution < 1.29 is 4.79 Å². The normalized spacial score (nSPS) is 50.4. The Kier molecular flexibility index (Phi) is 3.41. The highest BCUT2D eigenvalue weighted by molar-refractivity contribution is 5.91. The Labute approximate surface area is 146 Å². The van der Waals surface area contributed by atoms with E-state index in [-0.39, 0.29) is 16.7 Å². The van der Waals surface area contributed by atoms with Crippen molar-refractivity contribution in [2.45, 2.75) is 59.3 Å². The fourth-order valence-electron chi connectivity index (χ4n) is 7.18. The van der Waals surface area contributed by atoms with Crippen molar-refractivity contribution in [1.29, 1.82) is 5.26 Å². The molecule has 0 saturated heterocycles. The second kappa shape index (κ2) is 5.07. The molecule has 2 nitrogen and oxygen atoms in total. The van der Waals surface area contributed by atoms with Crippen LogP contribution in [0.25, 0.3) is 0 Å². The molecule has 0 amide bonds. The summed E-state index contributed by atoms with van der Waals surface area (Å²) in [5, 5.41) is 9.70. The van der Waals surface area contributed by atoms with E-state index in [1.807, 2.05) is 6.08 Å². The van der Waals surface area contributed by atoms with E-state index in [2.05, 4.69) is 33.4 Å². The fourth-order valence-corrected chi connectivity index (χ4v) is 7.18. The Morgan fingerprint density at radius 3 is 2.75 bits per heavy atom. The molecule has 0 spiro atoms. The van der Waals surface area contributed by atoms with Crippen molar-refractivity contribution in [2.75, 3.05) is 0 Å². The summed E-state index contributed by atoms with van der Waals surface area (Å²) < 4.78 is 0. The maximum atomic E-state index is 12.0. The van der Waals surface area contributed by atoms with Crippen molar-refractivity contribution >= 4 is 5.78 Å². The van der Waals surface area contributed by atoms with Crippen LogP contribution >= 0.6 is 0 Å². The van der Waals surface area contributed by atoms with E-state index in [1.165, 1.54) is 24.0 Å². The summed E-state index contributed by atoms with van der Waals surface area (Å²) in [5.41, 5.74) is 2.92. The fraction of sp³-hybridized carbons (Fsp3) is 0.727. The van der Waals surface area contributed by atoms with Crippen LogP contribution in [-0.2, 0) is 4.79 Å². The summed E-state index contributed by atoms with van der Waals surface area (Å²) >= 11 is 0. The van der Waals surface area contributed by atoms with Gasteiger partial charge in [-0.2, -0.15) is 5.26 Å². The first-order valence-electron chi connectivity index (χ1n) is 9.63. The number of ketones is 1. The molecule has 4 aliphatic carbocycles. The first kappa shape index (κ1) is 16.1. The summed E-state index contributed by atoms with van der Waals surface area (Å²) in [4.78, 5) is 12.0. The third-order valence-electron chi connectivity index (χ3n) is 8.40. The lowest BCUT2D eigenvalue weighted by atomic mass is 9.45. The predicted octanol–water partition coefficient (Wildman–Crippen LogP) is 5.07. The Morgan fingerprint density at radius 1 is 1.29 bits per heavy atom. The zero-order valence-corrected chi connectivity index (χ0v) is 15.3. The molecular formula is C22H29NO. The standard InChI is InChI=1S/C22H29NO/c1-13-9-16-17(21(3)7-5-15(24)11-18(13)21)6-8-22(4)19(16)10-14(2)20(22)12-23/h11,13,16-17,19-20H,2,5-10H2,1,3-4H3/t13-,16+,17-,19-,20-,21+,22-/m0/s1. The van der Waals surface area contributed by atoms with E-state index in [0.29, 0.717) is 35.9 Å². The van der Waals surface area contributed by atoms with Gasteiger partial charge in [-0.05, 0) is 72.7 Å². The van der Waals surface area contributed by atoms with Crippen LogP contribution in [0.15, 0.2) is 23.8 Å². The molecule has 0 aromatic carbocycles. The first-order valence-corrected chi connectivity index (χ1v) is 9.63. The quantitative estimate of drug-likeness (QED) is 0.584. The molecule has 0 aromatic rings. The maximum absolute atomic E-state index is 12.0. The van der Waals surface area contributed by atoms with Crippen molar-refractivity contribution in [1.82, 2.24) is 0 Å². The molecule has 0 N–H and O–H groups in total. The van der Waals surface area contributed by atoms with Gasteiger partial charge in [0.1, 0.15) is 0 Å². The highest BCUT2D eigenvalue weighted by atomic mass is 16.1. The average Bonchev–Trinajstić information content (AvgIpc) is 2.79. The van der Waals surface area contributed by atoms with E-state index in [4.69, 9.17) is 0 Å². The number of nitriles is 1. The van der Waals surface area contributed by atoms with Crippen LogP contribution in [0, 0.1) is 51.8 Å². The lowest BCUT2D eigenvalue weighted by Gasteiger charge is -2.59. The zero-order valence-electron chi connectivity index (χ0n) is 15.3. The van der Waals surface area contributed by atoms with Gasteiger partial charge in [-0.1, -0.05) is 38.5 Å². The van der Waals surface area contributed by atoms with Gasteiger partial charge in [-0.3, -0.25) is 4.79 Å². The highest BCUT2D eigenvalue weighted by Crippen LogP contribution is 2.68. The molecule has 0 unspecified atom stereocenters. The lowest BCUT2D eigenvalue weighted by molar-refractivity contribution is -0.118. The van der Waals surface area contributed by atoms with Crippen molar-refractivity contribution in [3.63, 3.8) is 0 Å². The Hall–Kier alpha value is -1.36. The second-order valence-electron chi connectivity index (χ2n) is 9.47. The van der Waals surface area contributed by atoms with Crippen LogP contribution in [0.5, 0.6) is 0 Å². The maximum Gasteiger partial charge on any atom is 0.155 e. The van der Waals surface area contributed by atoms with Crippen molar-refractivity contribution in [3.05, 3.63) is 23.8 Å². The molecule has 3 saturated carbocycles. The molecule has 0 radical (unpaired) electrons. The topological polar surface area (TPSA) is 40.9 Å². The molecule has 4 aliphatic rings. The Bertz CT molecular complexity index is 683. The van der Waals surface area contributed by atoms with Gasteiger partial charge in [-0.15, -0.1) is 0 Å². The molecule has 24 heavy (non-hydrogen) atoms. The molecule has 7 atom stereocenters. The number of rotatable bonds is 0. The number of fused-ring (bicyclic) bond motifs is 5. The number of carbonyl (C=O) groups excluding carboxylic acids is 1. The minimum atomic E-state index is 0.0384. The number of allylic oxidation sites excluding steroid dienone is 2. The van der Waals surface area contributed by atoms with Gasteiger partial charge in [-0.25, -0.2) is 0 Å². The Balaban J connectivity index is 1.75. The van der Waals surface area contributed by atoms with E-state index in [0.717, 1.165) is 19.3 Å². The summed E-state index contributed by atoms with van der Waals surface area (Å²) in [7, 11) is 0. The van der Waals surface area contributed by atoms with Gasteiger partial charge < -0.3 is 0 Å². The van der Waals surface area contributed by atoms with Crippen LogP contribution in [0.2, 0.25) is 0 Å². The van der Waals surface area contributed by atoms with Gasteiger partial charge in [0.05, 0.1) is 12.0 Å². The molecule has 0 aromatic heterocycles. The summed E-state index contributed by atoms with van der Waals surface area (Å²) in [6.07, 6.45) is 8.30. The van der Waals surface area contributed by atoms with Gasteiger partial charge in [0.25, 0.3) is 0 Å². The molecule has 128 valence electrons. The smallest absolute Gasteiger partial charge is 0.155 e. The molecule has 3 fully saturated rings. The SMILES string of the molecule is C=C1C[C@H]2[C@@H]3C[C@H](C)C4=CC(=O)CC[C@]4(C)[C@H]3CC[C@]2(C)[C@H]1C#N. The largest absolute Gasteiger partial charge is 0.295 e. The number of hydrogen-bond acceptors (Lipinski definition) is 2. The Morgan fingerprint density at radius 2 is 2.04 bits per heavy atom. The van der Waals surface area contributed by atoms with Gasteiger partial charge >= 0.3 is 0 Å². The van der Waals surface area contributed by atoms with Crippen LogP contribution in [0.4, 0.5) is 0 Å². The third kappa shape index (κ3) is 1.91. The first-order chi connectivity index (χ1) is 11.3. The highest BCUT2D eigenvalue weighted by Gasteiger charge is 2.61. The predicted molar refractivity (Wildman–Crippen MR) is 94.9 cm³/mol. The molecule has 0 aliphatic heterocycles. The van der Waals surface area contributed by atoms with Gasteiger partial charge in [0.15, 0.2) is 5.78 Å². The van der Waals surface area contributed by atoms with E-state index >= 15 is 0 Å². The number of nitrogens with zero attached hydrogens (tertiary/aromatic N) is 1. The van der Waals surface area contributed by atoms with Crippen LogP contribution < -0.4 is 0 Å². The summed E-state index contributed by atoms with van der Waals surface area (Å²) in [6, 6.07) is 2.58. The molecule has 2 heteroatoms. The van der Waals surface area contributed by atoms with Crippen molar-refractivity contribution in [3.8, 4) is 6.07 Å². The number of carbonyl (C=O) groups is 1. The van der Waals surface area contributed by atoms with Gasteiger partial charge in [0.2, 0.25) is 0 Å². The summed E-state index contributed by atoms with van der Waals surface area (Å²) in [6.45, 7) is 11.4. The van der Waals surface area contributed by atoms with E-state index in [9.17, 15) is 10.1 Å². The monoisotopic (exact) mass is 323 g/mol. The molecule has 0 bridgehead atoms. The zero-order chi connectivity index (χ0) is 17.3. The minimum absolute atomic E-state index is 0.0384. The third-order valence-corrected chi connectivity index (χ3v) is 8.40. The van der Waals surface area contributed by atoms with Crippen LogP contribution in [0.3, 0.4) is 0 Å². The van der Waals surface area contributed by atoms with Crippen LogP contribution in [-0.4, -0.2) is 5.78 Å². The number of hydrogen-bond donors (Lipinski definition) is 0.